The highest BCUT2D eigenvalue weighted by atomic mass is 31.2. The van der Waals surface area contributed by atoms with Crippen molar-refractivity contribution in [1.29, 1.82) is 0 Å². The highest BCUT2D eigenvalue weighted by Crippen LogP contribution is 2.35. The summed E-state index contributed by atoms with van der Waals surface area (Å²) in [6.07, 6.45) is 0. The van der Waals surface area contributed by atoms with Gasteiger partial charge in [0.25, 0.3) is 0 Å². The van der Waals surface area contributed by atoms with E-state index in [0.29, 0.717) is 26.3 Å². The van der Waals surface area contributed by atoms with Crippen LogP contribution < -0.4 is 0 Å². The summed E-state index contributed by atoms with van der Waals surface area (Å²) in [6, 6.07) is 0. The number of rotatable bonds is 3. The molecule has 1 saturated heterocycles. The van der Waals surface area contributed by atoms with Crippen molar-refractivity contribution in [3.63, 3.8) is 0 Å². The van der Waals surface area contributed by atoms with E-state index in [9.17, 15) is 9.36 Å². The minimum atomic E-state index is -4.55. The van der Waals surface area contributed by atoms with Crippen molar-refractivity contribution in [2.45, 2.75) is 0 Å². The summed E-state index contributed by atoms with van der Waals surface area (Å²) >= 11 is 0. The van der Waals surface area contributed by atoms with E-state index in [-0.39, 0.29) is 0 Å². The molecule has 0 spiro atoms. The van der Waals surface area contributed by atoms with Gasteiger partial charge in [0.2, 0.25) is 5.91 Å². The molecule has 0 bridgehead atoms. The molecule has 0 radical (unpaired) electrons. The number of hydrogen-bond acceptors (Lipinski definition) is 4. The van der Waals surface area contributed by atoms with Crippen molar-refractivity contribution in [2.75, 3.05) is 32.9 Å². The predicted octanol–water partition coefficient (Wildman–Crippen LogP) is -1.05. The number of phosphoric ester groups is 1. The van der Waals surface area contributed by atoms with Crippen molar-refractivity contribution in [3.05, 3.63) is 0 Å². The SMILES string of the molecule is O=C(COP(=O)(O)O)N1CCOCC1. The number of carbonyl (C=O) groups is 1. The zero-order chi connectivity index (χ0) is 10.6. The van der Waals surface area contributed by atoms with Crippen LogP contribution in [0.2, 0.25) is 0 Å². The predicted molar refractivity (Wildman–Crippen MR) is 45.4 cm³/mol. The number of hydrogen-bond donors (Lipinski definition) is 2. The summed E-state index contributed by atoms with van der Waals surface area (Å²) in [5.74, 6) is -0.434. The zero-order valence-corrected chi connectivity index (χ0v) is 8.35. The van der Waals surface area contributed by atoms with Crippen LogP contribution in [-0.4, -0.2) is 53.5 Å². The van der Waals surface area contributed by atoms with Crippen LogP contribution in [0.15, 0.2) is 0 Å². The molecular formula is C6H12NO6P. The first-order valence-corrected chi connectivity index (χ1v) is 5.58. The normalized spacial score (nSPS) is 18.3. The number of ether oxygens (including phenoxy) is 1. The number of phosphoric acid groups is 1. The van der Waals surface area contributed by atoms with E-state index in [1.165, 1.54) is 4.90 Å². The van der Waals surface area contributed by atoms with Crippen molar-refractivity contribution >= 4 is 13.7 Å². The molecule has 7 nitrogen and oxygen atoms in total. The zero-order valence-electron chi connectivity index (χ0n) is 7.46. The second-order valence-electron chi connectivity index (χ2n) is 2.76. The molecule has 1 fully saturated rings. The third-order valence-corrected chi connectivity index (χ3v) is 2.19. The average molecular weight is 225 g/mol. The standard InChI is InChI=1S/C6H12NO6P/c8-6(5-13-14(9,10)11)7-1-3-12-4-2-7/h1-5H2,(H2,9,10,11). The third-order valence-electron chi connectivity index (χ3n) is 1.72. The Kier molecular flexibility index (Phi) is 4.03. The van der Waals surface area contributed by atoms with Crippen LogP contribution in [0.1, 0.15) is 0 Å². The van der Waals surface area contributed by atoms with Crippen molar-refractivity contribution < 1.29 is 28.4 Å². The minimum absolute atomic E-state index is 0.434. The summed E-state index contributed by atoms with van der Waals surface area (Å²) in [5.41, 5.74) is 0. The Bertz CT molecular complexity index is 245. The molecule has 0 unspecified atom stereocenters. The Morgan fingerprint density at radius 3 is 2.50 bits per heavy atom. The van der Waals surface area contributed by atoms with E-state index in [1.807, 2.05) is 0 Å². The van der Waals surface area contributed by atoms with Crippen LogP contribution in [0.3, 0.4) is 0 Å². The van der Waals surface area contributed by atoms with E-state index in [1.54, 1.807) is 0 Å². The quantitative estimate of drug-likeness (QED) is 0.595. The molecule has 0 atom stereocenters. The van der Waals surface area contributed by atoms with Crippen LogP contribution in [-0.2, 0) is 18.6 Å². The monoisotopic (exact) mass is 225 g/mol. The van der Waals surface area contributed by atoms with Crippen LogP contribution in [0.4, 0.5) is 0 Å². The van der Waals surface area contributed by atoms with Crippen LogP contribution in [0, 0.1) is 0 Å². The fraction of sp³-hybridized carbons (Fsp3) is 0.833. The molecule has 82 valence electrons. The molecule has 1 amide bonds. The molecule has 0 aromatic rings. The van der Waals surface area contributed by atoms with Crippen molar-refractivity contribution in [2.24, 2.45) is 0 Å². The first-order chi connectivity index (χ1) is 6.49. The highest BCUT2D eigenvalue weighted by molar-refractivity contribution is 7.46. The summed E-state index contributed by atoms with van der Waals surface area (Å²) in [6.45, 7) is 1.17. The number of morpholine rings is 1. The lowest BCUT2D eigenvalue weighted by molar-refractivity contribution is -0.137. The van der Waals surface area contributed by atoms with Gasteiger partial charge in [0.15, 0.2) is 0 Å². The molecule has 0 aliphatic carbocycles. The van der Waals surface area contributed by atoms with Gasteiger partial charge in [0.1, 0.15) is 6.61 Å². The Labute approximate surface area is 80.8 Å². The molecule has 1 aliphatic rings. The highest BCUT2D eigenvalue weighted by Gasteiger charge is 2.21. The minimum Gasteiger partial charge on any atom is -0.378 e. The second kappa shape index (κ2) is 4.86. The second-order valence-corrected chi connectivity index (χ2v) is 4.00. The van der Waals surface area contributed by atoms with Gasteiger partial charge in [-0.2, -0.15) is 0 Å². The van der Waals surface area contributed by atoms with Gasteiger partial charge in [-0.15, -0.1) is 0 Å². The first-order valence-electron chi connectivity index (χ1n) is 4.04. The Morgan fingerprint density at radius 1 is 1.43 bits per heavy atom. The van der Waals surface area contributed by atoms with Gasteiger partial charge >= 0.3 is 7.82 Å². The first kappa shape index (κ1) is 11.6. The van der Waals surface area contributed by atoms with E-state index >= 15 is 0 Å². The molecule has 0 saturated carbocycles. The number of carbonyl (C=O) groups excluding carboxylic acids is 1. The summed E-state index contributed by atoms with van der Waals surface area (Å²) in [4.78, 5) is 29.4. The van der Waals surface area contributed by atoms with Gasteiger partial charge in [-0.3, -0.25) is 9.32 Å². The molecule has 2 N–H and O–H groups in total. The maximum absolute atomic E-state index is 11.2. The fourth-order valence-corrected chi connectivity index (χ4v) is 1.32. The maximum Gasteiger partial charge on any atom is 0.470 e. The van der Waals surface area contributed by atoms with E-state index in [4.69, 9.17) is 14.5 Å². The van der Waals surface area contributed by atoms with Crippen LogP contribution in [0.25, 0.3) is 0 Å². The molecule has 0 aromatic heterocycles. The van der Waals surface area contributed by atoms with Crippen molar-refractivity contribution in [3.8, 4) is 0 Å². The van der Waals surface area contributed by atoms with Gasteiger partial charge < -0.3 is 19.4 Å². The maximum atomic E-state index is 11.2. The molecule has 1 aliphatic heterocycles. The average Bonchev–Trinajstić information content (AvgIpc) is 2.14. The van der Waals surface area contributed by atoms with Crippen molar-refractivity contribution in [1.82, 2.24) is 4.90 Å². The molecule has 1 rings (SSSR count). The fourth-order valence-electron chi connectivity index (χ4n) is 1.04. The summed E-state index contributed by atoms with van der Waals surface area (Å²) in [7, 11) is -4.55. The van der Waals surface area contributed by atoms with E-state index in [0.717, 1.165) is 0 Å². The molecule has 8 heteroatoms. The lowest BCUT2D eigenvalue weighted by Gasteiger charge is -2.26. The van der Waals surface area contributed by atoms with E-state index < -0.39 is 20.3 Å². The van der Waals surface area contributed by atoms with Gasteiger partial charge in [-0.05, 0) is 0 Å². The number of amides is 1. The van der Waals surface area contributed by atoms with Gasteiger partial charge in [-0.25, -0.2) is 4.57 Å². The van der Waals surface area contributed by atoms with Gasteiger partial charge in [0, 0.05) is 13.1 Å². The van der Waals surface area contributed by atoms with E-state index in [2.05, 4.69) is 4.52 Å². The van der Waals surface area contributed by atoms with Crippen LogP contribution in [0.5, 0.6) is 0 Å². The largest absolute Gasteiger partial charge is 0.470 e. The molecular weight excluding hydrogens is 213 g/mol. The Morgan fingerprint density at radius 2 is 2.00 bits per heavy atom. The van der Waals surface area contributed by atoms with Crippen LogP contribution >= 0.6 is 7.82 Å². The summed E-state index contributed by atoms with van der Waals surface area (Å²) in [5, 5.41) is 0. The van der Waals surface area contributed by atoms with Gasteiger partial charge in [0.05, 0.1) is 13.2 Å². The Balaban J connectivity index is 2.30. The third kappa shape index (κ3) is 4.17. The smallest absolute Gasteiger partial charge is 0.378 e. The van der Waals surface area contributed by atoms with Gasteiger partial charge in [-0.1, -0.05) is 0 Å². The number of nitrogens with zero attached hydrogens (tertiary/aromatic N) is 1. The lowest BCUT2D eigenvalue weighted by atomic mass is 10.4. The molecule has 1 heterocycles. The topological polar surface area (TPSA) is 96.3 Å². The molecule has 0 aromatic carbocycles. The molecule has 14 heavy (non-hydrogen) atoms. The lowest BCUT2D eigenvalue weighted by Crippen LogP contribution is -2.42. The Hall–Kier alpha value is -0.460. The summed E-state index contributed by atoms with van der Waals surface area (Å²) < 4.78 is 19.4.